The lowest BCUT2D eigenvalue weighted by Gasteiger charge is -2.23. The second-order valence-electron chi connectivity index (χ2n) is 4.44. The van der Waals surface area contributed by atoms with Crippen LogP contribution < -0.4 is 5.73 Å². The zero-order chi connectivity index (χ0) is 12.7. The number of anilines is 1. The van der Waals surface area contributed by atoms with Crippen LogP contribution in [-0.4, -0.2) is 14.8 Å². The van der Waals surface area contributed by atoms with E-state index in [1.807, 2.05) is 0 Å². The first kappa shape index (κ1) is 11.1. The Kier molecular flexibility index (Phi) is 2.50. The normalized spacial score (nSPS) is 18.7. The third-order valence-electron chi connectivity index (χ3n) is 3.16. The molecule has 94 valence electrons. The van der Waals surface area contributed by atoms with Crippen molar-refractivity contribution in [2.24, 2.45) is 0 Å². The Morgan fingerprint density at radius 2 is 1.94 bits per heavy atom. The van der Waals surface area contributed by atoms with Crippen LogP contribution in [0, 0.1) is 11.6 Å². The maximum absolute atomic E-state index is 13.3. The van der Waals surface area contributed by atoms with Crippen LogP contribution in [-0.2, 0) is 6.42 Å². The SMILES string of the molecule is Nc1nc2n(n1)C(c1cc(F)cc(F)c1)CCC2. The monoisotopic (exact) mass is 250 g/mol. The standard InChI is InChI=1S/C12H12F2N4/c13-8-4-7(5-9(14)6-8)10-2-1-3-11-16-12(15)17-18(10)11/h4-6,10H,1-3H2,(H2,15,17). The van der Waals surface area contributed by atoms with Gasteiger partial charge < -0.3 is 5.73 Å². The number of nitrogen functional groups attached to an aromatic ring is 1. The molecule has 0 aliphatic carbocycles. The molecular formula is C12H12F2N4. The molecule has 1 aliphatic heterocycles. The molecule has 0 saturated heterocycles. The molecule has 0 fully saturated rings. The Labute approximate surface area is 102 Å². The Hall–Kier alpha value is -1.98. The fourth-order valence-corrected chi connectivity index (χ4v) is 2.45. The third-order valence-corrected chi connectivity index (χ3v) is 3.16. The molecule has 0 bridgehead atoms. The predicted molar refractivity (Wildman–Crippen MR) is 61.9 cm³/mol. The first-order valence-corrected chi connectivity index (χ1v) is 5.80. The number of nitrogens with two attached hydrogens (primary N) is 1. The summed E-state index contributed by atoms with van der Waals surface area (Å²) in [5.74, 6) is -0.183. The zero-order valence-corrected chi connectivity index (χ0v) is 9.61. The molecule has 1 aromatic carbocycles. The van der Waals surface area contributed by atoms with Gasteiger partial charge in [0.1, 0.15) is 17.5 Å². The molecule has 0 amide bonds. The summed E-state index contributed by atoms with van der Waals surface area (Å²) in [5.41, 5.74) is 6.14. The van der Waals surface area contributed by atoms with Gasteiger partial charge in [0, 0.05) is 12.5 Å². The van der Waals surface area contributed by atoms with E-state index < -0.39 is 11.6 Å². The van der Waals surface area contributed by atoms with Crippen LogP contribution in [0.5, 0.6) is 0 Å². The van der Waals surface area contributed by atoms with Crippen LogP contribution in [0.3, 0.4) is 0 Å². The van der Waals surface area contributed by atoms with Gasteiger partial charge in [-0.2, -0.15) is 4.98 Å². The van der Waals surface area contributed by atoms with E-state index in [-0.39, 0.29) is 12.0 Å². The van der Waals surface area contributed by atoms with Gasteiger partial charge in [0.15, 0.2) is 0 Å². The minimum absolute atomic E-state index is 0.191. The van der Waals surface area contributed by atoms with E-state index in [1.54, 1.807) is 4.68 Å². The molecule has 3 rings (SSSR count). The van der Waals surface area contributed by atoms with E-state index in [9.17, 15) is 8.78 Å². The van der Waals surface area contributed by atoms with Crippen molar-refractivity contribution in [2.75, 3.05) is 5.73 Å². The van der Waals surface area contributed by atoms with Gasteiger partial charge in [-0.3, -0.25) is 0 Å². The van der Waals surface area contributed by atoms with Crippen LogP contribution in [0.15, 0.2) is 18.2 Å². The molecule has 4 nitrogen and oxygen atoms in total. The molecule has 2 heterocycles. The molecule has 2 N–H and O–H groups in total. The number of rotatable bonds is 1. The number of aryl methyl sites for hydroxylation is 1. The first-order chi connectivity index (χ1) is 8.63. The molecule has 6 heteroatoms. The number of fused-ring (bicyclic) bond motifs is 1. The van der Waals surface area contributed by atoms with Gasteiger partial charge in [0.05, 0.1) is 6.04 Å². The van der Waals surface area contributed by atoms with Crippen molar-refractivity contribution in [3.63, 3.8) is 0 Å². The Bertz CT molecular complexity index is 574. The summed E-state index contributed by atoms with van der Waals surface area (Å²) in [4.78, 5) is 4.11. The van der Waals surface area contributed by atoms with E-state index in [4.69, 9.17) is 5.73 Å². The topological polar surface area (TPSA) is 56.7 Å². The molecule has 1 aliphatic rings. The lowest BCUT2D eigenvalue weighted by Crippen LogP contribution is -2.20. The van der Waals surface area contributed by atoms with Gasteiger partial charge in [-0.1, -0.05) is 0 Å². The molecule has 0 spiro atoms. The van der Waals surface area contributed by atoms with Crippen molar-refractivity contribution < 1.29 is 8.78 Å². The second-order valence-corrected chi connectivity index (χ2v) is 4.44. The van der Waals surface area contributed by atoms with E-state index in [0.717, 1.165) is 31.2 Å². The van der Waals surface area contributed by atoms with Crippen LogP contribution >= 0.6 is 0 Å². The highest BCUT2D eigenvalue weighted by molar-refractivity contribution is 5.25. The smallest absolute Gasteiger partial charge is 0.239 e. The summed E-state index contributed by atoms with van der Waals surface area (Å²) in [5, 5.41) is 4.11. The van der Waals surface area contributed by atoms with E-state index in [2.05, 4.69) is 10.1 Å². The molecule has 18 heavy (non-hydrogen) atoms. The van der Waals surface area contributed by atoms with Gasteiger partial charge >= 0.3 is 0 Å². The number of aromatic nitrogens is 3. The highest BCUT2D eigenvalue weighted by atomic mass is 19.1. The van der Waals surface area contributed by atoms with Gasteiger partial charge in [-0.15, -0.1) is 5.10 Å². The van der Waals surface area contributed by atoms with Crippen molar-refractivity contribution in [1.29, 1.82) is 0 Å². The average molecular weight is 250 g/mol. The lowest BCUT2D eigenvalue weighted by molar-refractivity contribution is 0.409. The Balaban J connectivity index is 2.07. The fraction of sp³-hybridized carbons (Fsp3) is 0.333. The maximum Gasteiger partial charge on any atom is 0.239 e. The fourth-order valence-electron chi connectivity index (χ4n) is 2.45. The zero-order valence-electron chi connectivity index (χ0n) is 9.61. The highest BCUT2D eigenvalue weighted by Gasteiger charge is 2.24. The van der Waals surface area contributed by atoms with Crippen molar-refractivity contribution in [3.05, 3.63) is 41.2 Å². The molecule has 2 aromatic rings. The number of halogens is 2. The summed E-state index contributed by atoms with van der Waals surface area (Å²) in [6.07, 6.45) is 2.47. The van der Waals surface area contributed by atoms with E-state index >= 15 is 0 Å². The lowest BCUT2D eigenvalue weighted by atomic mass is 9.97. The number of hydrogen-bond acceptors (Lipinski definition) is 3. The largest absolute Gasteiger partial charge is 0.366 e. The molecular weight excluding hydrogens is 238 g/mol. The summed E-state index contributed by atoms with van der Waals surface area (Å²) in [6, 6.07) is 3.34. The number of hydrogen-bond donors (Lipinski definition) is 1. The van der Waals surface area contributed by atoms with Gasteiger partial charge in [-0.25, -0.2) is 13.5 Å². The molecule has 1 aromatic heterocycles. The number of nitrogens with zero attached hydrogens (tertiary/aromatic N) is 3. The summed E-state index contributed by atoms with van der Waals surface area (Å²) in [6.45, 7) is 0. The average Bonchev–Trinajstić information content (AvgIpc) is 2.67. The molecule has 1 atom stereocenters. The number of benzene rings is 1. The van der Waals surface area contributed by atoms with Crippen molar-refractivity contribution in [1.82, 2.24) is 14.8 Å². The first-order valence-electron chi connectivity index (χ1n) is 5.80. The van der Waals surface area contributed by atoms with Crippen LogP contribution in [0.25, 0.3) is 0 Å². The third kappa shape index (κ3) is 1.83. The minimum atomic E-state index is -0.579. The summed E-state index contributed by atoms with van der Waals surface area (Å²) < 4.78 is 28.2. The maximum atomic E-state index is 13.3. The summed E-state index contributed by atoms with van der Waals surface area (Å²) >= 11 is 0. The van der Waals surface area contributed by atoms with Crippen LogP contribution in [0.1, 0.15) is 30.3 Å². The molecule has 0 radical (unpaired) electrons. The predicted octanol–water partition coefficient (Wildman–Crippen LogP) is 2.06. The Morgan fingerprint density at radius 1 is 1.22 bits per heavy atom. The Morgan fingerprint density at radius 3 is 2.67 bits per heavy atom. The quantitative estimate of drug-likeness (QED) is 0.842. The summed E-state index contributed by atoms with van der Waals surface area (Å²) in [7, 11) is 0. The van der Waals surface area contributed by atoms with Crippen molar-refractivity contribution in [2.45, 2.75) is 25.3 Å². The van der Waals surface area contributed by atoms with Crippen LogP contribution in [0.4, 0.5) is 14.7 Å². The van der Waals surface area contributed by atoms with Crippen LogP contribution in [0.2, 0.25) is 0 Å². The van der Waals surface area contributed by atoms with Crippen molar-refractivity contribution in [3.8, 4) is 0 Å². The molecule has 1 unspecified atom stereocenters. The second kappa shape index (κ2) is 4.04. The highest BCUT2D eigenvalue weighted by Crippen LogP contribution is 2.30. The van der Waals surface area contributed by atoms with Gasteiger partial charge in [0.25, 0.3) is 0 Å². The van der Waals surface area contributed by atoms with Gasteiger partial charge in [0.2, 0.25) is 5.95 Å². The van der Waals surface area contributed by atoms with Crippen molar-refractivity contribution >= 4 is 5.95 Å². The minimum Gasteiger partial charge on any atom is -0.366 e. The van der Waals surface area contributed by atoms with E-state index in [0.29, 0.717) is 5.56 Å². The van der Waals surface area contributed by atoms with Gasteiger partial charge in [-0.05, 0) is 30.5 Å². The van der Waals surface area contributed by atoms with E-state index in [1.165, 1.54) is 12.1 Å². The molecule has 0 saturated carbocycles.